The topological polar surface area (TPSA) is 52.0 Å². The molecule has 2 unspecified atom stereocenters. The highest BCUT2D eigenvalue weighted by Crippen LogP contribution is 2.49. The van der Waals surface area contributed by atoms with Crippen molar-refractivity contribution in [2.45, 2.75) is 44.9 Å². The first-order valence-electron chi connectivity index (χ1n) is 6.22. The molecule has 0 spiro atoms. The minimum Gasteiger partial charge on any atom is -0.330 e. The molecule has 2 aliphatic carbocycles. The maximum atomic E-state index is 5.98. The Morgan fingerprint density at radius 2 is 1.57 bits per heavy atom. The molecule has 14 heavy (non-hydrogen) atoms. The van der Waals surface area contributed by atoms with Gasteiger partial charge in [-0.05, 0) is 43.2 Å². The molecule has 0 aliphatic heterocycles. The molecule has 0 amide bonds. The van der Waals surface area contributed by atoms with Crippen molar-refractivity contribution in [3.63, 3.8) is 0 Å². The molecule has 2 nitrogen and oxygen atoms in total. The van der Waals surface area contributed by atoms with Gasteiger partial charge in [0.25, 0.3) is 0 Å². The Labute approximate surface area is 87.4 Å². The zero-order chi connectivity index (χ0) is 10.0. The van der Waals surface area contributed by atoms with Crippen molar-refractivity contribution in [2.24, 2.45) is 28.7 Å². The summed E-state index contributed by atoms with van der Waals surface area (Å²) in [5.74, 6) is 1.80. The van der Waals surface area contributed by atoms with Crippen LogP contribution in [0.25, 0.3) is 0 Å². The Bertz CT molecular complexity index is 185. The number of hydrogen-bond acceptors (Lipinski definition) is 2. The van der Waals surface area contributed by atoms with Crippen LogP contribution in [0.1, 0.15) is 44.9 Å². The maximum Gasteiger partial charge on any atom is -0.000567 e. The minimum atomic E-state index is 0.309. The van der Waals surface area contributed by atoms with Crippen LogP contribution < -0.4 is 11.5 Å². The number of fused-ring (bicyclic) bond motifs is 1. The van der Waals surface area contributed by atoms with E-state index in [-0.39, 0.29) is 0 Å². The van der Waals surface area contributed by atoms with Crippen molar-refractivity contribution in [3.8, 4) is 0 Å². The molecule has 0 heterocycles. The normalized spacial score (nSPS) is 36.4. The highest BCUT2D eigenvalue weighted by Gasteiger charge is 2.44. The molecule has 0 aromatic carbocycles. The fourth-order valence-corrected chi connectivity index (χ4v) is 3.85. The van der Waals surface area contributed by atoms with Crippen LogP contribution >= 0.6 is 0 Å². The summed E-state index contributed by atoms with van der Waals surface area (Å²) in [5, 5.41) is 0. The van der Waals surface area contributed by atoms with E-state index in [1.807, 2.05) is 0 Å². The summed E-state index contributed by atoms with van der Waals surface area (Å²) < 4.78 is 0. The lowest BCUT2D eigenvalue weighted by Gasteiger charge is -2.49. The van der Waals surface area contributed by atoms with E-state index in [2.05, 4.69) is 0 Å². The Hall–Kier alpha value is -0.0800. The lowest BCUT2D eigenvalue weighted by atomic mass is 9.57. The van der Waals surface area contributed by atoms with Gasteiger partial charge in [-0.2, -0.15) is 0 Å². The van der Waals surface area contributed by atoms with E-state index < -0.39 is 0 Å². The molecule has 0 radical (unpaired) electrons. The average molecular weight is 196 g/mol. The number of nitrogens with two attached hydrogens (primary N) is 2. The molecule has 0 saturated heterocycles. The van der Waals surface area contributed by atoms with Gasteiger partial charge in [0, 0.05) is 0 Å². The molecule has 82 valence electrons. The molecule has 0 aromatic rings. The zero-order valence-corrected chi connectivity index (χ0v) is 9.17. The molecule has 2 atom stereocenters. The fourth-order valence-electron chi connectivity index (χ4n) is 3.85. The van der Waals surface area contributed by atoms with Crippen LogP contribution in [0.3, 0.4) is 0 Å². The summed E-state index contributed by atoms with van der Waals surface area (Å²) in [4.78, 5) is 0. The number of hydrogen-bond donors (Lipinski definition) is 2. The second-order valence-corrected chi connectivity index (χ2v) is 5.31. The van der Waals surface area contributed by atoms with Crippen molar-refractivity contribution in [2.75, 3.05) is 13.1 Å². The first-order valence-corrected chi connectivity index (χ1v) is 6.22. The monoisotopic (exact) mass is 196 g/mol. The summed E-state index contributed by atoms with van der Waals surface area (Å²) in [6.07, 6.45) is 9.74. The quantitative estimate of drug-likeness (QED) is 0.708. The van der Waals surface area contributed by atoms with Crippen molar-refractivity contribution in [1.82, 2.24) is 0 Å². The van der Waals surface area contributed by atoms with Crippen molar-refractivity contribution < 1.29 is 0 Å². The molecular formula is C12H24N2. The van der Waals surface area contributed by atoms with Gasteiger partial charge >= 0.3 is 0 Å². The molecule has 2 rings (SSSR count). The largest absolute Gasteiger partial charge is 0.330 e. The van der Waals surface area contributed by atoms with Crippen LogP contribution in [0.5, 0.6) is 0 Å². The average Bonchev–Trinajstić information content (AvgIpc) is 2.28. The zero-order valence-electron chi connectivity index (χ0n) is 9.17. The van der Waals surface area contributed by atoms with Crippen LogP contribution in [0.15, 0.2) is 0 Å². The summed E-state index contributed by atoms with van der Waals surface area (Å²) in [7, 11) is 0. The van der Waals surface area contributed by atoms with E-state index >= 15 is 0 Å². The Kier molecular flexibility index (Phi) is 3.13. The van der Waals surface area contributed by atoms with Crippen LogP contribution in [-0.2, 0) is 0 Å². The van der Waals surface area contributed by atoms with Gasteiger partial charge < -0.3 is 11.5 Å². The van der Waals surface area contributed by atoms with Gasteiger partial charge in [-0.15, -0.1) is 0 Å². The third-order valence-electron chi connectivity index (χ3n) is 4.76. The minimum absolute atomic E-state index is 0.309. The van der Waals surface area contributed by atoms with Gasteiger partial charge in [0.15, 0.2) is 0 Å². The van der Waals surface area contributed by atoms with Crippen molar-refractivity contribution in [3.05, 3.63) is 0 Å². The Balaban J connectivity index is 2.14. The molecule has 2 heteroatoms. The van der Waals surface area contributed by atoms with E-state index in [1.54, 1.807) is 0 Å². The van der Waals surface area contributed by atoms with Crippen LogP contribution in [0.2, 0.25) is 0 Å². The van der Waals surface area contributed by atoms with Gasteiger partial charge in [-0.3, -0.25) is 0 Å². The van der Waals surface area contributed by atoms with E-state index in [0.717, 1.165) is 24.9 Å². The van der Waals surface area contributed by atoms with E-state index in [4.69, 9.17) is 11.5 Å². The highest BCUT2D eigenvalue weighted by atomic mass is 14.7. The molecule has 2 aliphatic rings. The molecule has 2 fully saturated rings. The lowest BCUT2D eigenvalue weighted by Crippen LogP contribution is -2.50. The molecular weight excluding hydrogens is 172 g/mol. The standard InChI is InChI=1S/C12H24N2/c13-8-12(9-14)7-3-5-10-4-1-2-6-11(10)12/h10-11H,1-9,13-14H2. The first kappa shape index (κ1) is 10.4. The van der Waals surface area contributed by atoms with Crippen LogP contribution in [0, 0.1) is 17.3 Å². The van der Waals surface area contributed by atoms with Crippen molar-refractivity contribution >= 4 is 0 Å². The summed E-state index contributed by atoms with van der Waals surface area (Å²) in [6.45, 7) is 1.62. The molecule has 0 aromatic heterocycles. The Morgan fingerprint density at radius 3 is 2.29 bits per heavy atom. The van der Waals surface area contributed by atoms with Gasteiger partial charge in [-0.1, -0.05) is 32.1 Å². The Morgan fingerprint density at radius 1 is 0.929 bits per heavy atom. The SMILES string of the molecule is NCC1(CN)CCCC2CCCCC21. The first-order chi connectivity index (χ1) is 6.82. The van der Waals surface area contributed by atoms with Crippen LogP contribution in [0.4, 0.5) is 0 Å². The van der Waals surface area contributed by atoms with Gasteiger partial charge in [-0.25, -0.2) is 0 Å². The van der Waals surface area contributed by atoms with E-state index in [1.165, 1.54) is 44.9 Å². The predicted octanol–water partition coefficient (Wildman–Crippen LogP) is 1.88. The van der Waals surface area contributed by atoms with Crippen LogP contribution in [-0.4, -0.2) is 13.1 Å². The third-order valence-corrected chi connectivity index (χ3v) is 4.76. The molecule has 2 saturated carbocycles. The smallest absolute Gasteiger partial charge is 0.000567 e. The fraction of sp³-hybridized carbons (Fsp3) is 1.00. The summed E-state index contributed by atoms with van der Waals surface area (Å²) >= 11 is 0. The van der Waals surface area contributed by atoms with Gasteiger partial charge in [0.05, 0.1) is 0 Å². The highest BCUT2D eigenvalue weighted by molar-refractivity contribution is 4.96. The summed E-state index contributed by atoms with van der Waals surface area (Å²) in [6, 6.07) is 0. The number of rotatable bonds is 2. The second-order valence-electron chi connectivity index (χ2n) is 5.31. The third kappa shape index (κ3) is 1.59. The van der Waals surface area contributed by atoms with E-state index in [0.29, 0.717) is 5.41 Å². The second kappa shape index (κ2) is 4.19. The summed E-state index contributed by atoms with van der Waals surface area (Å²) in [5.41, 5.74) is 12.3. The maximum absolute atomic E-state index is 5.98. The van der Waals surface area contributed by atoms with Gasteiger partial charge in [0.2, 0.25) is 0 Å². The lowest BCUT2D eigenvalue weighted by molar-refractivity contribution is 0.0247. The van der Waals surface area contributed by atoms with Gasteiger partial charge in [0.1, 0.15) is 0 Å². The van der Waals surface area contributed by atoms with Crippen molar-refractivity contribution in [1.29, 1.82) is 0 Å². The predicted molar refractivity (Wildman–Crippen MR) is 59.8 cm³/mol. The van der Waals surface area contributed by atoms with E-state index in [9.17, 15) is 0 Å². The molecule has 0 bridgehead atoms. The molecule has 4 N–H and O–H groups in total.